The number of aromatic nitrogens is 2. The van der Waals surface area contributed by atoms with E-state index >= 15 is 0 Å². The van der Waals surface area contributed by atoms with Crippen LogP contribution in [0.1, 0.15) is 5.56 Å². The fourth-order valence-corrected chi connectivity index (χ4v) is 3.49. The third-order valence-corrected chi connectivity index (χ3v) is 4.63. The molecule has 1 fully saturated rings. The van der Waals surface area contributed by atoms with Gasteiger partial charge in [0, 0.05) is 12.4 Å². The Balaban J connectivity index is 2.07. The summed E-state index contributed by atoms with van der Waals surface area (Å²) in [6.07, 6.45) is 1.64. The number of morpholine rings is 1. The minimum atomic E-state index is 0.195. The zero-order valence-electron chi connectivity index (χ0n) is 10.1. The normalized spacial score (nSPS) is 20.6. The molecule has 0 aliphatic carbocycles. The lowest BCUT2D eigenvalue weighted by Gasteiger charge is -2.35. The Kier molecular flexibility index (Phi) is 3.37. The fourth-order valence-electron chi connectivity index (χ4n) is 2.22. The summed E-state index contributed by atoms with van der Waals surface area (Å²) in [6, 6.07) is 0.195. The van der Waals surface area contributed by atoms with E-state index in [4.69, 9.17) is 16.3 Å². The Hall–Kier alpha value is -0.910. The molecular formula is C12H14ClN3OS. The number of ether oxygens (including phenoxy) is 1. The number of hydrogen-bond donors (Lipinski definition) is 0. The van der Waals surface area contributed by atoms with Crippen LogP contribution < -0.4 is 4.90 Å². The van der Waals surface area contributed by atoms with E-state index in [9.17, 15) is 0 Å². The second kappa shape index (κ2) is 4.99. The van der Waals surface area contributed by atoms with Crippen LogP contribution in [-0.2, 0) is 4.74 Å². The SMILES string of the molecule is Cc1csc2c(N3CCOCC3CCl)ncnc12. The van der Waals surface area contributed by atoms with E-state index < -0.39 is 0 Å². The van der Waals surface area contributed by atoms with Crippen molar-refractivity contribution >= 4 is 39.0 Å². The van der Waals surface area contributed by atoms with Crippen LogP contribution in [0, 0.1) is 6.92 Å². The Morgan fingerprint density at radius 2 is 2.44 bits per heavy atom. The van der Waals surface area contributed by atoms with Crippen molar-refractivity contribution in [3.05, 3.63) is 17.3 Å². The number of aryl methyl sites for hydroxylation is 1. The predicted molar refractivity (Wildman–Crippen MR) is 74.8 cm³/mol. The van der Waals surface area contributed by atoms with Gasteiger partial charge < -0.3 is 9.64 Å². The minimum absolute atomic E-state index is 0.195. The van der Waals surface area contributed by atoms with Crippen molar-refractivity contribution in [3.63, 3.8) is 0 Å². The van der Waals surface area contributed by atoms with Crippen molar-refractivity contribution in [2.75, 3.05) is 30.5 Å². The molecule has 1 aliphatic rings. The fraction of sp³-hybridized carbons (Fsp3) is 0.500. The van der Waals surface area contributed by atoms with Crippen molar-refractivity contribution < 1.29 is 4.74 Å². The number of rotatable bonds is 2. The lowest BCUT2D eigenvalue weighted by molar-refractivity contribution is 0.0995. The molecule has 1 unspecified atom stereocenters. The van der Waals surface area contributed by atoms with Crippen molar-refractivity contribution in [3.8, 4) is 0 Å². The Morgan fingerprint density at radius 3 is 3.28 bits per heavy atom. The van der Waals surface area contributed by atoms with Crippen molar-refractivity contribution in [2.45, 2.75) is 13.0 Å². The molecule has 3 rings (SSSR count). The molecule has 1 atom stereocenters. The van der Waals surface area contributed by atoms with Crippen molar-refractivity contribution in [1.82, 2.24) is 9.97 Å². The molecule has 0 spiro atoms. The third-order valence-electron chi connectivity index (χ3n) is 3.19. The predicted octanol–water partition coefficient (Wildman–Crippen LogP) is 2.44. The summed E-state index contributed by atoms with van der Waals surface area (Å²) in [5, 5.41) is 2.12. The highest BCUT2D eigenvalue weighted by Gasteiger charge is 2.25. The summed E-state index contributed by atoms with van der Waals surface area (Å²) >= 11 is 7.72. The maximum absolute atomic E-state index is 6.02. The van der Waals surface area contributed by atoms with E-state index in [-0.39, 0.29) is 6.04 Å². The molecule has 2 aromatic rings. The summed E-state index contributed by atoms with van der Waals surface area (Å²) in [5.74, 6) is 1.54. The molecule has 0 amide bonds. The second-order valence-electron chi connectivity index (χ2n) is 4.37. The second-order valence-corrected chi connectivity index (χ2v) is 5.56. The number of anilines is 1. The van der Waals surface area contributed by atoms with Gasteiger partial charge in [-0.1, -0.05) is 0 Å². The minimum Gasteiger partial charge on any atom is -0.377 e. The van der Waals surface area contributed by atoms with Crippen LogP contribution in [0.4, 0.5) is 5.82 Å². The standard InChI is InChI=1S/C12H14ClN3OS/c1-8-6-18-11-10(8)14-7-15-12(11)16-2-3-17-5-9(16)4-13/h6-7,9H,2-5H2,1H3. The van der Waals surface area contributed by atoms with Crippen LogP contribution in [0.3, 0.4) is 0 Å². The number of alkyl halides is 1. The van der Waals surface area contributed by atoms with Crippen LogP contribution in [0.2, 0.25) is 0 Å². The summed E-state index contributed by atoms with van der Waals surface area (Å²) < 4.78 is 6.62. The van der Waals surface area contributed by atoms with Crippen molar-refractivity contribution in [1.29, 1.82) is 0 Å². The number of thiophene rings is 1. The highest BCUT2D eigenvalue weighted by molar-refractivity contribution is 7.18. The van der Waals surface area contributed by atoms with E-state index in [1.165, 1.54) is 5.56 Å². The first-order valence-electron chi connectivity index (χ1n) is 5.90. The molecule has 4 nitrogen and oxygen atoms in total. The van der Waals surface area contributed by atoms with Crippen molar-refractivity contribution in [2.24, 2.45) is 0 Å². The van der Waals surface area contributed by atoms with Crippen LogP contribution in [0.5, 0.6) is 0 Å². The Bertz CT molecular complexity index is 559. The van der Waals surface area contributed by atoms with Gasteiger partial charge >= 0.3 is 0 Å². The van der Waals surface area contributed by atoms with Gasteiger partial charge in [-0.05, 0) is 17.9 Å². The summed E-state index contributed by atoms with van der Waals surface area (Å²) in [6.45, 7) is 4.30. The molecule has 18 heavy (non-hydrogen) atoms. The maximum atomic E-state index is 6.02. The van der Waals surface area contributed by atoms with Gasteiger partial charge in [0.15, 0.2) is 0 Å². The van der Waals surface area contributed by atoms with Crippen LogP contribution >= 0.6 is 22.9 Å². The van der Waals surface area contributed by atoms with Gasteiger partial charge in [-0.2, -0.15) is 0 Å². The number of nitrogens with zero attached hydrogens (tertiary/aromatic N) is 3. The van der Waals surface area contributed by atoms with Gasteiger partial charge in [0.1, 0.15) is 12.1 Å². The van der Waals surface area contributed by atoms with Crippen LogP contribution in [0.15, 0.2) is 11.7 Å². The molecule has 0 radical (unpaired) electrons. The molecule has 2 aromatic heterocycles. The molecule has 1 aliphatic heterocycles. The molecule has 0 N–H and O–H groups in total. The summed E-state index contributed by atoms with van der Waals surface area (Å²) in [5.41, 5.74) is 2.25. The Labute approximate surface area is 115 Å². The summed E-state index contributed by atoms with van der Waals surface area (Å²) in [7, 11) is 0. The molecule has 1 saturated heterocycles. The molecule has 6 heteroatoms. The quantitative estimate of drug-likeness (QED) is 0.794. The molecule has 0 saturated carbocycles. The first-order valence-corrected chi connectivity index (χ1v) is 7.32. The van der Waals surface area contributed by atoms with E-state index in [1.54, 1.807) is 17.7 Å². The Morgan fingerprint density at radius 1 is 1.56 bits per heavy atom. The molecule has 0 aromatic carbocycles. The van der Waals surface area contributed by atoms with E-state index in [1.807, 2.05) is 0 Å². The average molecular weight is 284 g/mol. The zero-order valence-corrected chi connectivity index (χ0v) is 11.7. The average Bonchev–Trinajstić information content (AvgIpc) is 2.81. The highest BCUT2D eigenvalue weighted by Crippen LogP contribution is 2.32. The van der Waals surface area contributed by atoms with E-state index in [0.717, 1.165) is 29.2 Å². The number of hydrogen-bond acceptors (Lipinski definition) is 5. The first kappa shape index (κ1) is 12.1. The van der Waals surface area contributed by atoms with Gasteiger partial charge in [-0.25, -0.2) is 9.97 Å². The lowest BCUT2D eigenvalue weighted by atomic mass is 10.2. The smallest absolute Gasteiger partial charge is 0.150 e. The lowest BCUT2D eigenvalue weighted by Crippen LogP contribution is -2.47. The van der Waals surface area contributed by atoms with E-state index in [0.29, 0.717) is 12.5 Å². The molecule has 0 bridgehead atoms. The number of fused-ring (bicyclic) bond motifs is 1. The van der Waals surface area contributed by atoms with Gasteiger partial charge in [-0.15, -0.1) is 22.9 Å². The monoisotopic (exact) mass is 283 g/mol. The van der Waals surface area contributed by atoms with Crippen LogP contribution in [-0.4, -0.2) is 41.6 Å². The van der Waals surface area contributed by atoms with E-state index in [2.05, 4.69) is 27.2 Å². The third kappa shape index (κ3) is 1.96. The van der Waals surface area contributed by atoms with Gasteiger partial charge in [0.2, 0.25) is 0 Å². The van der Waals surface area contributed by atoms with Gasteiger partial charge in [-0.3, -0.25) is 0 Å². The van der Waals surface area contributed by atoms with Gasteiger partial charge in [0.25, 0.3) is 0 Å². The number of halogens is 1. The highest BCUT2D eigenvalue weighted by atomic mass is 35.5. The first-order chi connectivity index (χ1) is 8.81. The largest absolute Gasteiger partial charge is 0.377 e. The summed E-state index contributed by atoms with van der Waals surface area (Å²) in [4.78, 5) is 11.1. The maximum Gasteiger partial charge on any atom is 0.150 e. The molecule has 3 heterocycles. The molecule has 96 valence electrons. The van der Waals surface area contributed by atoms with Crippen LogP contribution in [0.25, 0.3) is 10.2 Å². The van der Waals surface area contributed by atoms with Gasteiger partial charge in [0.05, 0.1) is 29.5 Å². The zero-order chi connectivity index (χ0) is 12.5. The molecular weight excluding hydrogens is 270 g/mol. The topological polar surface area (TPSA) is 38.2 Å².